The van der Waals surface area contributed by atoms with E-state index < -0.39 is 5.54 Å². The van der Waals surface area contributed by atoms with E-state index in [1.165, 1.54) is 6.33 Å². The second kappa shape index (κ2) is 9.54. The van der Waals surface area contributed by atoms with Gasteiger partial charge in [0.05, 0.1) is 47.2 Å². The van der Waals surface area contributed by atoms with Crippen molar-refractivity contribution in [3.05, 3.63) is 90.1 Å². The molecule has 0 amide bonds. The predicted octanol–water partition coefficient (Wildman–Crippen LogP) is 3.67. The fourth-order valence-corrected chi connectivity index (χ4v) is 5.67. The standard InChI is InChI=1S/C28H26ClN11/c29-24-4-1-3-23(37-24)28(31)8-2-10-38(15-28)22-12-32-21(18-5-6-20-7-9-36-40(20)14-18)11-19(22)13-39-17-35-25-26(30)33-16-34-27(25)39/h1,3-7,9,11-12,14,16-17H,2,8,10,13,15,31H2,(H2,30,33,34). The molecule has 0 radical (unpaired) electrons. The third-order valence-corrected chi connectivity index (χ3v) is 7.73. The number of pyridine rings is 3. The normalized spacial score (nSPS) is 17.6. The van der Waals surface area contributed by atoms with E-state index in [0.29, 0.717) is 35.2 Å². The summed E-state index contributed by atoms with van der Waals surface area (Å²) in [6.07, 6.45) is 10.6. The van der Waals surface area contributed by atoms with Crippen LogP contribution in [0.25, 0.3) is 27.9 Å². The zero-order chi connectivity index (χ0) is 27.3. The molecule has 0 spiro atoms. The van der Waals surface area contributed by atoms with Crippen LogP contribution in [0.1, 0.15) is 24.1 Å². The molecule has 0 bridgehead atoms. The van der Waals surface area contributed by atoms with Crippen LogP contribution in [0.15, 0.2) is 73.7 Å². The molecule has 1 fully saturated rings. The van der Waals surface area contributed by atoms with Crippen molar-refractivity contribution in [1.82, 2.24) is 39.1 Å². The quantitative estimate of drug-likeness (QED) is 0.307. The highest BCUT2D eigenvalue weighted by Gasteiger charge is 2.35. The van der Waals surface area contributed by atoms with Gasteiger partial charge in [-0.25, -0.2) is 24.5 Å². The molecule has 200 valence electrons. The molecule has 6 aromatic rings. The molecule has 1 unspecified atom stereocenters. The fraction of sp³-hybridized carbons (Fsp3) is 0.214. The van der Waals surface area contributed by atoms with Crippen LogP contribution in [-0.4, -0.2) is 52.2 Å². The van der Waals surface area contributed by atoms with Gasteiger partial charge in [-0.15, -0.1) is 0 Å². The first-order valence-corrected chi connectivity index (χ1v) is 13.4. The van der Waals surface area contributed by atoms with Crippen LogP contribution >= 0.6 is 11.6 Å². The zero-order valence-electron chi connectivity index (χ0n) is 21.5. The molecule has 1 atom stereocenters. The highest BCUT2D eigenvalue weighted by Crippen LogP contribution is 2.34. The Morgan fingerprint density at radius 2 is 1.98 bits per heavy atom. The van der Waals surface area contributed by atoms with Crippen molar-refractivity contribution in [2.75, 3.05) is 23.7 Å². The predicted molar refractivity (Wildman–Crippen MR) is 154 cm³/mol. The maximum Gasteiger partial charge on any atom is 0.165 e. The smallest absolute Gasteiger partial charge is 0.165 e. The van der Waals surface area contributed by atoms with Gasteiger partial charge in [-0.3, -0.25) is 4.98 Å². The number of nitrogen functional groups attached to an aromatic ring is 1. The first kappa shape index (κ1) is 24.4. The highest BCUT2D eigenvalue weighted by molar-refractivity contribution is 6.29. The largest absolute Gasteiger partial charge is 0.382 e. The van der Waals surface area contributed by atoms with Crippen LogP contribution in [0.2, 0.25) is 5.15 Å². The SMILES string of the molecule is Nc1ncnc2c1ncn2Cc1cc(-c2ccc3ccnn3c2)ncc1N1CCCC(N)(c2cccc(Cl)n2)C1. The third-order valence-electron chi connectivity index (χ3n) is 7.52. The lowest BCUT2D eigenvalue weighted by atomic mass is 9.86. The second-order valence-electron chi connectivity index (χ2n) is 10.1. The van der Waals surface area contributed by atoms with Crippen LogP contribution in [0.5, 0.6) is 0 Å². The number of rotatable bonds is 5. The molecule has 0 saturated carbocycles. The number of imidazole rings is 1. The fourth-order valence-electron chi connectivity index (χ4n) is 5.51. The molecule has 12 heteroatoms. The number of anilines is 2. The number of fused-ring (bicyclic) bond motifs is 2. The van der Waals surface area contributed by atoms with Gasteiger partial charge < -0.3 is 20.9 Å². The molecule has 4 N–H and O–H groups in total. The number of hydrogen-bond acceptors (Lipinski definition) is 9. The lowest BCUT2D eigenvalue weighted by Gasteiger charge is -2.41. The molecule has 1 aliphatic heterocycles. The van der Waals surface area contributed by atoms with E-state index in [0.717, 1.165) is 53.1 Å². The van der Waals surface area contributed by atoms with E-state index in [1.807, 2.05) is 45.7 Å². The second-order valence-corrected chi connectivity index (χ2v) is 10.5. The average Bonchev–Trinajstić information content (AvgIpc) is 3.61. The summed E-state index contributed by atoms with van der Waals surface area (Å²) in [5.74, 6) is 0.352. The summed E-state index contributed by atoms with van der Waals surface area (Å²) in [5.41, 5.74) is 19.3. The van der Waals surface area contributed by atoms with Gasteiger partial charge in [0.15, 0.2) is 11.5 Å². The van der Waals surface area contributed by atoms with Crippen molar-refractivity contribution >= 4 is 39.8 Å². The van der Waals surface area contributed by atoms with Gasteiger partial charge in [-0.2, -0.15) is 5.10 Å². The summed E-state index contributed by atoms with van der Waals surface area (Å²) < 4.78 is 3.82. The van der Waals surface area contributed by atoms with E-state index >= 15 is 0 Å². The van der Waals surface area contributed by atoms with E-state index in [4.69, 9.17) is 28.1 Å². The lowest BCUT2D eigenvalue weighted by molar-refractivity contribution is 0.345. The van der Waals surface area contributed by atoms with Gasteiger partial charge in [-0.05, 0) is 54.8 Å². The Balaban J connectivity index is 1.31. The Morgan fingerprint density at radius 3 is 2.88 bits per heavy atom. The number of piperidine rings is 1. The van der Waals surface area contributed by atoms with E-state index in [9.17, 15) is 0 Å². The number of aromatic nitrogens is 8. The van der Waals surface area contributed by atoms with Gasteiger partial charge in [-0.1, -0.05) is 17.7 Å². The number of halogens is 1. The average molecular weight is 552 g/mol. The van der Waals surface area contributed by atoms with E-state index in [-0.39, 0.29) is 0 Å². The van der Waals surface area contributed by atoms with Gasteiger partial charge in [0.25, 0.3) is 0 Å². The van der Waals surface area contributed by atoms with Crippen molar-refractivity contribution in [1.29, 1.82) is 0 Å². The topological polar surface area (TPSA) is 142 Å². The van der Waals surface area contributed by atoms with Gasteiger partial charge in [0.2, 0.25) is 0 Å². The summed E-state index contributed by atoms with van der Waals surface area (Å²) >= 11 is 6.22. The van der Waals surface area contributed by atoms with E-state index in [1.54, 1.807) is 18.6 Å². The van der Waals surface area contributed by atoms with Crippen molar-refractivity contribution in [2.24, 2.45) is 5.73 Å². The van der Waals surface area contributed by atoms with Crippen LogP contribution in [0, 0.1) is 0 Å². The van der Waals surface area contributed by atoms with Gasteiger partial charge in [0, 0.05) is 31.0 Å². The van der Waals surface area contributed by atoms with Crippen LogP contribution in [0.4, 0.5) is 11.5 Å². The molecule has 1 aliphatic rings. The molecule has 7 rings (SSSR count). The molecule has 40 heavy (non-hydrogen) atoms. The molecular weight excluding hydrogens is 526 g/mol. The van der Waals surface area contributed by atoms with Crippen LogP contribution in [-0.2, 0) is 12.1 Å². The molecule has 11 nitrogen and oxygen atoms in total. The minimum absolute atomic E-state index is 0.352. The Labute approximate surface area is 234 Å². The maximum atomic E-state index is 6.98. The first-order chi connectivity index (χ1) is 19.5. The van der Waals surface area contributed by atoms with Gasteiger partial charge >= 0.3 is 0 Å². The van der Waals surface area contributed by atoms with Crippen LogP contribution < -0.4 is 16.4 Å². The first-order valence-electron chi connectivity index (χ1n) is 13.0. The molecule has 0 aromatic carbocycles. The number of nitrogens with zero attached hydrogens (tertiary/aromatic N) is 9. The Hall–Kier alpha value is -4.61. The molecule has 0 aliphatic carbocycles. The van der Waals surface area contributed by atoms with Crippen LogP contribution in [0.3, 0.4) is 0 Å². The van der Waals surface area contributed by atoms with Crippen molar-refractivity contribution in [2.45, 2.75) is 24.9 Å². The third kappa shape index (κ3) is 4.29. The highest BCUT2D eigenvalue weighted by atomic mass is 35.5. The van der Waals surface area contributed by atoms with Gasteiger partial charge in [0.1, 0.15) is 17.0 Å². The van der Waals surface area contributed by atoms with Crippen molar-refractivity contribution in [3.8, 4) is 11.3 Å². The lowest BCUT2D eigenvalue weighted by Crippen LogP contribution is -2.52. The summed E-state index contributed by atoms with van der Waals surface area (Å²) in [6.45, 7) is 1.92. The molecule has 7 heterocycles. The van der Waals surface area contributed by atoms with Crippen molar-refractivity contribution in [3.63, 3.8) is 0 Å². The zero-order valence-corrected chi connectivity index (χ0v) is 22.3. The Kier molecular flexibility index (Phi) is 5.83. The Morgan fingerprint density at radius 1 is 1.05 bits per heavy atom. The molecule has 1 saturated heterocycles. The minimum atomic E-state index is -0.645. The van der Waals surface area contributed by atoms with Crippen molar-refractivity contribution < 1.29 is 0 Å². The summed E-state index contributed by atoms with van der Waals surface area (Å²) in [7, 11) is 0. The minimum Gasteiger partial charge on any atom is -0.382 e. The number of nitrogens with two attached hydrogens (primary N) is 2. The summed E-state index contributed by atoms with van der Waals surface area (Å²) in [6, 6.07) is 13.8. The summed E-state index contributed by atoms with van der Waals surface area (Å²) in [4.78, 5) is 24.7. The number of hydrogen-bond donors (Lipinski definition) is 2. The summed E-state index contributed by atoms with van der Waals surface area (Å²) in [5, 5.41) is 4.82. The molecular formula is C28H26ClN11. The maximum absolute atomic E-state index is 6.98. The monoisotopic (exact) mass is 551 g/mol. The van der Waals surface area contributed by atoms with E-state index in [2.05, 4.69) is 42.1 Å². The Bertz CT molecular complexity index is 1860. The molecule has 6 aromatic heterocycles.